The van der Waals surface area contributed by atoms with Gasteiger partial charge in [0.15, 0.2) is 0 Å². The van der Waals surface area contributed by atoms with Crippen LogP contribution in [0, 0.1) is 10.1 Å². The van der Waals surface area contributed by atoms with Crippen LogP contribution in [0.15, 0.2) is 60.9 Å². The smallest absolute Gasteiger partial charge is 0.269 e. The quantitative estimate of drug-likeness (QED) is 0.263. The van der Waals surface area contributed by atoms with Crippen molar-refractivity contribution in [2.24, 2.45) is 0 Å². The molecule has 9 heteroatoms. The van der Waals surface area contributed by atoms with Crippen molar-refractivity contribution in [1.82, 2.24) is 30.5 Å². The molecule has 0 spiro atoms. The normalized spacial score (nSPS) is 13.4. The van der Waals surface area contributed by atoms with Gasteiger partial charge in [-0.25, -0.2) is 9.97 Å². The van der Waals surface area contributed by atoms with E-state index in [0.29, 0.717) is 5.82 Å². The standard InChI is InChI=1S/C23H21N7O2/c1-13(15-3-5-17(6-4-15)30(31)32)25-14(2)23-26-20-11-18-19(12-21(20)27-23)28-29-22(18)16-7-9-24-10-8-16/h3-14,25,28-29H,1-2H3/t13-,14?/m1/s1. The Labute approximate surface area is 183 Å². The molecule has 0 aliphatic carbocycles. The van der Waals surface area contributed by atoms with Crippen molar-refractivity contribution in [3.05, 3.63) is 82.4 Å². The van der Waals surface area contributed by atoms with Crippen LogP contribution in [0.25, 0.3) is 33.2 Å². The molecule has 3 heterocycles. The van der Waals surface area contributed by atoms with E-state index >= 15 is 0 Å². The SMILES string of the molecule is CC(N[C@H](C)c1ccc([N+](=O)[O-])cc1)c1nc2cc3[nH][nH]c(-c4ccncc4)c3cc2n1. The van der Waals surface area contributed by atoms with Gasteiger partial charge in [-0.1, -0.05) is 12.1 Å². The molecule has 1 unspecified atom stereocenters. The Morgan fingerprint density at radius 2 is 1.62 bits per heavy atom. The third-order valence-corrected chi connectivity index (χ3v) is 5.64. The molecular formula is C23H21N7O2. The Hall–Kier alpha value is -4.11. The highest BCUT2D eigenvalue weighted by atomic mass is 16.6. The van der Waals surface area contributed by atoms with Crippen LogP contribution >= 0.6 is 0 Å². The topological polar surface area (TPSA) is 125 Å². The van der Waals surface area contributed by atoms with Crippen molar-refractivity contribution < 1.29 is 4.92 Å². The molecular weight excluding hydrogens is 406 g/mol. The maximum absolute atomic E-state index is 10.9. The summed E-state index contributed by atoms with van der Waals surface area (Å²) in [6.07, 6.45) is 3.53. The Morgan fingerprint density at radius 3 is 2.31 bits per heavy atom. The second-order valence-corrected chi connectivity index (χ2v) is 7.79. The second kappa shape index (κ2) is 7.86. The number of fused-ring (bicyclic) bond motifs is 2. The van der Waals surface area contributed by atoms with Gasteiger partial charge in [-0.05, 0) is 43.7 Å². The first-order valence-corrected chi connectivity index (χ1v) is 10.3. The molecule has 0 aliphatic rings. The molecule has 2 aromatic carbocycles. The van der Waals surface area contributed by atoms with Crippen molar-refractivity contribution in [2.45, 2.75) is 25.9 Å². The Bertz CT molecular complexity index is 1410. The monoisotopic (exact) mass is 427 g/mol. The van der Waals surface area contributed by atoms with Crippen LogP contribution in [-0.4, -0.2) is 30.1 Å². The summed E-state index contributed by atoms with van der Waals surface area (Å²) in [4.78, 5) is 24.0. The van der Waals surface area contributed by atoms with Crippen molar-refractivity contribution in [3.63, 3.8) is 0 Å². The number of hydrogen-bond donors (Lipinski definition) is 3. The van der Waals surface area contributed by atoms with Crippen LogP contribution in [0.2, 0.25) is 0 Å². The number of aromatic amines is 2. The van der Waals surface area contributed by atoms with E-state index in [9.17, 15) is 10.1 Å². The van der Waals surface area contributed by atoms with Crippen molar-refractivity contribution in [1.29, 1.82) is 0 Å². The van der Waals surface area contributed by atoms with E-state index in [-0.39, 0.29) is 17.8 Å². The molecule has 3 aromatic heterocycles. The number of rotatable bonds is 6. The predicted molar refractivity (Wildman–Crippen MR) is 122 cm³/mol. The van der Waals surface area contributed by atoms with Crippen LogP contribution in [0.3, 0.4) is 0 Å². The Balaban J connectivity index is 1.41. The molecule has 3 N–H and O–H groups in total. The summed E-state index contributed by atoms with van der Waals surface area (Å²) in [5.41, 5.74) is 5.66. The number of benzene rings is 2. The number of aromatic nitrogens is 5. The molecule has 2 atom stereocenters. The summed E-state index contributed by atoms with van der Waals surface area (Å²) in [6, 6.07) is 14.4. The number of nitro groups is 1. The molecule has 0 saturated carbocycles. The highest BCUT2D eigenvalue weighted by Crippen LogP contribution is 2.30. The number of imidazole rings is 1. The molecule has 160 valence electrons. The lowest BCUT2D eigenvalue weighted by molar-refractivity contribution is -0.384. The van der Waals surface area contributed by atoms with Gasteiger partial charge in [0.25, 0.3) is 5.69 Å². The van der Waals surface area contributed by atoms with Gasteiger partial charge in [-0.2, -0.15) is 0 Å². The summed E-state index contributed by atoms with van der Waals surface area (Å²) in [5.74, 6) is 0.704. The fourth-order valence-electron chi connectivity index (χ4n) is 3.91. The molecule has 0 aliphatic heterocycles. The van der Waals surface area contributed by atoms with Gasteiger partial charge < -0.3 is 10.4 Å². The summed E-state index contributed by atoms with van der Waals surface area (Å²) >= 11 is 0. The third kappa shape index (κ3) is 3.58. The first-order valence-electron chi connectivity index (χ1n) is 10.3. The molecule has 32 heavy (non-hydrogen) atoms. The number of non-ortho nitro benzene ring substituents is 1. The minimum absolute atomic E-state index is 0.0186. The first-order chi connectivity index (χ1) is 15.5. The van der Waals surface area contributed by atoms with Crippen LogP contribution < -0.4 is 5.32 Å². The second-order valence-electron chi connectivity index (χ2n) is 7.79. The van der Waals surface area contributed by atoms with Gasteiger partial charge in [0.05, 0.1) is 33.2 Å². The summed E-state index contributed by atoms with van der Waals surface area (Å²) in [5, 5.41) is 21.8. The van der Waals surface area contributed by atoms with Gasteiger partial charge >= 0.3 is 0 Å². The van der Waals surface area contributed by atoms with E-state index in [1.165, 1.54) is 12.1 Å². The summed E-state index contributed by atoms with van der Waals surface area (Å²) in [6.45, 7) is 4.03. The average Bonchev–Trinajstić information content (AvgIpc) is 3.41. The summed E-state index contributed by atoms with van der Waals surface area (Å²) < 4.78 is 0. The molecule has 0 saturated heterocycles. The molecule has 5 rings (SSSR count). The number of nitro benzene ring substituents is 1. The van der Waals surface area contributed by atoms with E-state index in [2.05, 4.69) is 20.5 Å². The fraction of sp³-hybridized carbons (Fsp3) is 0.174. The summed E-state index contributed by atoms with van der Waals surface area (Å²) in [7, 11) is 0. The first kappa shape index (κ1) is 19.8. The van der Waals surface area contributed by atoms with Gasteiger partial charge in [0.2, 0.25) is 0 Å². The lowest BCUT2D eigenvalue weighted by Crippen LogP contribution is -2.23. The zero-order valence-corrected chi connectivity index (χ0v) is 17.5. The molecule has 0 amide bonds. The highest BCUT2D eigenvalue weighted by Gasteiger charge is 2.18. The largest absolute Gasteiger partial charge is 0.301 e. The zero-order valence-electron chi connectivity index (χ0n) is 17.5. The molecule has 5 aromatic rings. The van der Waals surface area contributed by atoms with E-state index in [1.807, 2.05) is 38.1 Å². The maximum Gasteiger partial charge on any atom is 0.269 e. The van der Waals surface area contributed by atoms with E-state index in [0.717, 1.165) is 38.8 Å². The van der Waals surface area contributed by atoms with E-state index in [4.69, 9.17) is 9.97 Å². The van der Waals surface area contributed by atoms with Crippen molar-refractivity contribution >= 4 is 27.6 Å². The van der Waals surface area contributed by atoms with Gasteiger partial charge in [-0.15, -0.1) is 0 Å². The van der Waals surface area contributed by atoms with Crippen LogP contribution in [0.5, 0.6) is 0 Å². The Kier molecular flexibility index (Phi) is 4.87. The predicted octanol–water partition coefficient (Wildman–Crippen LogP) is 4.82. The van der Waals surface area contributed by atoms with Crippen LogP contribution in [-0.2, 0) is 0 Å². The third-order valence-electron chi connectivity index (χ3n) is 5.64. The lowest BCUT2D eigenvalue weighted by Gasteiger charge is -2.18. The fourth-order valence-corrected chi connectivity index (χ4v) is 3.91. The minimum Gasteiger partial charge on any atom is -0.301 e. The van der Waals surface area contributed by atoms with Gasteiger partial charge in [-0.3, -0.25) is 20.2 Å². The van der Waals surface area contributed by atoms with Gasteiger partial charge in [0, 0.05) is 41.5 Å². The molecule has 0 bridgehead atoms. The number of pyridine rings is 1. The van der Waals surface area contributed by atoms with Crippen molar-refractivity contribution in [2.75, 3.05) is 0 Å². The average molecular weight is 427 g/mol. The molecule has 9 nitrogen and oxygen atoms in total. The van der Waals surface area contributed by atoms with E-state index in [1.54, 1.807) is 24.5 Å². The maximum atomic E-state index is 10.9. The highest BCUT2D eigenvalue weighted by molar-refractivity contribution is 6.00. The van der Waals surface area contributed by atoms with Crippen molar-refractivity contribution in [3.8, 4) is 11.3 Å². The zero-order chi connectivity index (χ0) is 22.2. The van der Waals surface area contributed by atoms with Crippen LogP contribution in [0.4, 0.5) is 5.69 Å². The number of nitrogens with one attached hydrogen (secondary N) is 3. The molecule has 0 radical (unpaired) electrons. The number of H-pyrrole nitrogens is 2. The van der Waals surface area contributed by atoms with Gasteiger partial charge in [0.1, 0.15) is 5.82 Å². The number of hydrogen-bond acceptors (Lipinski definition) is 6. The Morgan fingerprint density at radius 1 is 0.938 bits per heavy atom. The molecule has 0 fully saturated rings. The lowest BCUT2D eigenvalue weighted by atomic mass is 10.1. The van der Waals surface area contributed by atoms with E-state index < -0.39 is 4.92 Å². The number of nitrogens with zero attached hydrogens (tertiary/aromatic N) is 4. The van der Waals surface area contributed by atoms with Crippen LogP contribution in [0.1, 0.15) is 37.3 Å². The minimum atomic E-state index is -0.396.